The minimum Gasteiger partial charge on any atom is -0.454 e. The fourth-order valence-electron chi connectivity index (χ4n) is 3.70. The fourth-order valence-corrected chi connectivity index (χ4v) is 5.39. The van der Waals surface area contributed by atoms with Crippen molar-refractivity contribution in [3.63, 3.8) is 0 Å². The van der Waals surface area contributed by atoms with Crippen molar-refractivity contribution >= 4 is 26.7 Å². The first-order valence-electron chi connectivity index (χ1n) is 8.98. The molecule has 1 aromatic carbocycles. The number of hydrogen-bond donors (Lipinski definition) is 0. The van der Waals surface area contributed by atoms with Gasteiger partial charge in [0.2, 0.25) is 6.79 Å². The molecule has 0 radical (unpaired) electrons. The molecule has 1 unspecified atom stereocenters. The highest BCUT2D eigenvalue weighted by molar-refractivity contribution is 7.91. The van der Waals surface area contributed by atoms with E-state index in [0.717, 1.165) is 0 Å². The second kappa shape index (κ2) is 6.41. The van der Waals surface area contributed by atoms with E-state index in [0.29, 0.717) is 34.5 Å². The summed E-state index contributed by atoms with van der Waals surface area (Å²) in [6.45, 7) is -0.122. The van der Waals surface area contributed by atoms with Gasteiger partial charge in [0.1, 0.15) is 5.52 Å². The lowest BCUT2D eigenvalue weighted by Crippen LogP contribution is -2.26. The van der Waals surface area contributed by atoms with Gasteiger partial charge in [0.05, 0.1) is 42.0 Å². The molecule has 0 N–H and O–H groups in total. The fraction of sp³-hybridized carbons (Fsp3) is 0.333. The molecule has 2 aliphatic rings. The van der Waals surface area contributed by atoms with Gasteiger partial charge in [-0.2, -0.15) is 10.1 Å². The van der Waals surface area contributed by atoms with Crippen LogP contribution in [0.4, 0.5) is 0 Å². The Bertz CT molecular complexity index is 1310. The molecule has 0 saturated carbocycles. The Labute approximate surface area is 164 Å². The van der Waals surface area contributed by atoms with E-state index >= 15 is 0 Å². The second-order valence-electron chi connectivity index (χ2n) is 7.03. The third kappa shape index (κ3) is 3.07. The largest absolute Gasteiger partial charge is 0.454 e. The molecule has 1 saturated heterocycles. The number of rotatable bonds is 4. The molecule has 5 rings (SSSR count). The summed E-state index contributed by atoms with van der Waals surface area (Å²) in [5, 5.41) is 4.28. The van der Waals surface area contributed by atoms with Gasteiger partial charge in [-0.15, -0.1) is 0 Å². The number of Topliss-reactive ketones (excluding diaryl/α,β-unsaturated/α-hetero) is 1. The predicted octanol–water partition coefficient (Wildman–Crippen LogP) is 0.564. The van der Waals surface area contributed by atoms with Crippen molar-refractivity contribution in [1.82, 2.24) is 19.3 Å². The molecule has 0 aliphatic carbocycles. The molecule has 11 heteroatoms. The maximum Gasteiger partial charge on any atom is 0.348 e. The lowest BCUT2D eigenvalue weighted by atomic mass is 10.1. The number of carbonyl (C=O) groups is 1. The van der Waals surface area contributed by atoms with Crippen LogP contribution >= 0.6 is 0 Å². The normalized spacial score (nSPS) is 19.7. The molecule has 150 valence electrons. The van der Waals surface area contributed by atoms with Crippen molar-refractivity contribution in [2.75, 3.05) is 18.3 Å². The molecular weight excluding hydrogens is 400 g/mol. The number of carbonyl (C=O) groups excluding carboxylic acids is 1. The third-order valence-electron chi connectivity index (χ3n) is 5.18. The first-order chi connectivity index (χ1) is 13.9. The molecule has 3 aromatic rings. The quantitative estimate of drug-likeness (QED) is 0.566. The van der Waals surface area contributed by atoms with Gasteiger partial charge in [-0.1, -0.05) is 0 Å². The van der Waals surface area contributed by atoms with Crippen LogP contribution in [0.15, 0.2) is 35.4 Å². The van der Waals surface area contributed by atoms with Gasteiger partial charge in [0.15, 0.2) is 27.1 Å². The van der Waals surface area contributed by atoms with Gasteiger partial charge in [0, 0.05) is 5.56 Å². The third-order valence-corrected chi connectivity index (χ3v) is 6.93. The van der Waals surface area contributed by atoms with Gasteiger partial charge >= 0.3 is 5.69 Å². The number of ketones is 1. The van der Waals surface area contributed by atoms with Crippen LogP contribution in [0.1, 0.15) is 22.8 Å². The van der Waals surface area contributed by atoms with Crippen LogP contribution in [0.2, 0.25) is 0 Å². The van der Waals surface area contributed by atoms with Gasteiger partial charge in [0.25, 0.3) is 0 Å². The molecule has 4 heterocycles. The minimum absolute atomic E-state index is 0.000959. The van der Waals surface area contributed by atoms with E-state index in [1.54, 1.807) is 22.9 Å². The van der Waals surface area contributed by atoms with E-state index in [-0.39, 0.29) is 36.7 Å². The maximum absolute atomic E-state index is 12.8. The molecule has 0 bridgehead atoms. The Morgan fingerprint density at radius 1 is 1.17 bits per heavy atom. The Balaban J connectivity index is 1.49. The van der Waals surface area contributed by atoms with Crippen LogP contribution in [-0.4, -0.2) is 51.8 Å². The topological polar surface area (TPSA) is 122 Å². The van der Waals surface area contributed by atoms with Crippen LogP contribution in [0.5, 0.6) is 11.5 Å². The molecule has 29 heavy (non-hydrogen) atoms. The number of sulfone groups is 1. The first-order valence-corrected chi connectivity index (χ1v) is 10.8. The van der Waals surface area contributed by atoms with E-state index in [1.807, 2.05) is 0 Å². The molecule has 2 aromatic heterocycles. The van der Waals surface area contributed by atoms with Crippen LogP contribution in [0.25, 0.3) is 11.0 Å². The summed E-state index contributed by atoms with van der Waals surface area (Å²) in [6.07, 6.45) is 3.29. The Morgan fingerprint density at radius 3 is 2.79 bits per heavy atom. The summed E-state index contributed by atoms with van der Waals surface area (Å²) < 4.78 is 37.0. The van der Waals surface area contributed by atoms with Crippen molar-refractivity contribution in [1.29, 1.82) is 0 Å². The molecule has 2 aliphatic heterocycles. The Morgan fingerprint density at radius 2 is 2.00 bits per heavy atom. The van der Waals surface area contributed by atoms with E-state index in [9.17, 15) is 18.0 Å². The molecule has 0 amide bonds. The zero-order chi connectivity index (χ0) is 20.2. The van der Waals surface area contributed by atoms with Gasteiger partial charge < -0.3 is 9.47 Å². The summed E-state index contributed by atoms with van der Waals surface area (Å²) in [5.74, 6) is 0.856. The number of benzene rings is 1. The lowest BCUT2D eigenvalue weighted by Gasteiger charge is -2.11. The minimum atomic E-state index is -3.09. The predicted molar refractivity (Wildman–Crippen MR) is 101 cm³/mol. The summed E-state index contributed by atoms with van der Waals surface area (Å²) in [6, 6.07) is 4.53. The molecule has 10 nitrogen and oxygen atoms in total. The molecule has 1 fully saturated rings. The van der Waals surface area contributed by atoms with Gasteiger partial charge in [-0.3, -0.25) is 14.0 Å². The molecular formula is C18H16N4O6S. The van der Waals surface area contributed by atoms with Crippen LogP contribution in [-0.2, 0) is 16.4 Å². The number of ether oxygens (including phenoxy) is 2. The number of fused-ring (bicyclic) bond motifs is 2. The van der Waals surface area contributed by atoms with Gasteiger partial charge in [-0.05, 0) is 24.6 Å². The zero-order valence-corrected chi connectivity index (χ0v) is 16.0. The van der Waals surface area contributed by atoms with Crippen LogP contribution < -0.4 is 15.2 Å². The van der Waals surface area contributed by atoms with Crippen molar-refractivity contribution in [2.24, 2.45) is 0 Å². The first kappa shape index (κ1) is 17.9. The SMILES string of the molecule is O=C(Cn1c(=O)ncc2c1cnn2C1CCS(=O)(=O)C1)c1ccc2c(c1)OCO2. The van der Waals surface area contributed by atoms with Crippen LogP contribution in [0.3, 0.4) is 0 Å². The summed E-state index contributed by atoms with van der Waals surface area (Å²) in [5.41, 5.74) is 0.756. The van der Waals surface area contributed by atoms with Crippen molar-refractivity contribution in [3.8, 4) is 11.5 Å². The number of hydrogen-bond acceptors (Lipinski definition) is 8. The van der Waals surface area contributed by atoms with Crippen molar-refractivity contribution in [3.05, 3.63) is 46.6 Å². The molecule has 0 spiro atoms. The van der Waals surface area contributed by atoms with Crippen molar-refractivity contribution < 1.29 is 22.7 Å². The maximum atomic E-state index is 12.8. The van der Waals surface area contributed by atoms with E-state index in [1.165, 1.54) is 17.0 Å². The monoisotopic (exact) mass is 416 g/mol. The molecule has 1 atom stereocenters. The van der Waals surface area contributed by atoms with E-state index < -0.39 is 15.5 Å². The summed E-state index contributed by atoms with van der Waals surface area (Å²) in [7, 11) is -3.09. The lowest BCUT2D eigenvalue weighted by molar-refractivity contribution is 0.0971. The van der Waals surface area contributed by atoms with E-state index in [4.69, 9.17) is 9.47 Å². The highest BCUT2D eigenvalue weighted by atomic mass is 32.2. The summed E-state index contributed by atoms with van der Waals surface area (Å²) >= 11 is 0. The Hall–Kier alpha value is -3.21. The summed E-state index contributed by atoms with van der Waals surface area (Å²) in [4.78, 5) is 29.0. The number of aromatic nitrogens is 4. The average molecular weight is 416 g/mol. The zero-order valence-electron chi connectivity index (χ0n) is 15.1. The van der Waals surface area contributed by atoms with E-state index in [2.05, 4.69) is 10.1 Å². The highest BCUT2D eigenvalue weighted by Gasteiger charge is 2.31. The number of nitrogens with zero attached hydrogens (tertiary/aromatic N) is 4. The van der Waals surface area contributed by atoms with Gasteiger partial charge in [-0.25, -0.2) is 13.2 Å². The van der Waals surface area contributed by atoms with Crippen LogP contribution in [0, 0.1) is 0 Å². The highest BCUT2D eigenvalue weighted by Crippen LogP contribution is 2.32. The average Bonchev–Trinajstić information content (AvgIpc) is 3.40. The van der Waals surface area contributed by atoms with Crippen molar-refractivity contribution in [2.45, 2.75) is 19.0 Å². The second-order valence-corrected chi connectivity index (χ2v) is 9.26. The smallest absolute Gasteiger partial charge is 0.348 e. The Kier molecular flexibility index (Phi) is 3.95. The standard InChI is InChI=1S/C18H16N4O6S/c23-15(11-1-2-16-17(5-11)28-10-27-16)8-21-13-7-20-22(14(13)6-19-18(21)24)12-3-4-29(25,26)9-12/h1-2,5-7,12H,3-4,8-10H2.